The number of aryl methyl sites for hydroxylation is 1. The maximum absolute atomic E-state index is 13.3. The first-order valence-corrected chi connectivity index (χ1v) is 6.51. The molecule has 2 aromatic carbocycles. The van der Waals surface area contributed by atoms with E-state index in [1.54, 1.807) is 19.1 Å². The summed E-state index contributed by atoms with van der Waals surface area (Å²) < 4.78 is 18.4. The molecule has 0 spiro atoms. The molecule has 4 nitrogen and oxygen atoms in total. The molecule has 0 saturated heterocycles. The third kappa shape index (κ3) is 2.60. The van der Waals surface area contributed by atoms with Crippen LogP contribution in [-0.4, -0.2) is 15.2 Å². The van der Waals surface area contributed by atoms with Crippen LogP contribution in [0.15, 0.2) is 40.9 Å². The van der Waals surface area contributed by atoms with Crippen molar-refractivity contribution in [3.8, 4) is 28.6 Å². The molecule has 0 saturated carbocycles. The summed E-state index contributed by atoms with van der Waals surface area (Å²) in [6.45, 7) is 1.66. The van der Waals surface area contributed by atoms with Crippen molar-refractivity contribution in [2.75, 3.05) is 0 Å². The molecule has 3 aromatic rings. The predicted molar refractivity (Wildman–Crippen MR) is 76.5 cm³/mol. The summed E-state index contributed by atoms with van der Waals surface area (Å²) in [5.41, 5.74) is 1.57. The third-order valence-electron chi connectivity index (χ3n) is 3.02. The van der Waals surface area contributed by atoms with Gasteiger partial charge in [-0.15, -0.1) is 0 Å². The topological polar surface area (TPSA) is 59.2 Å². The average Bonchev–Trinajstić information content (AvgIpc) is 2.94. The summed E-state index contributed by atoms with van der Waals surface area (Å²) in [6, 6.07) is 9.00. The smallest absolute Gasteiger partial charge is 0.259 e. The fraction of sp³-hybridized carbons (Fsp3) is 0.0667. The molecule has 0 bridgehead atoms. The van der Waals surface area contributed by atoms with Gasteiger partial charge in [-0.25, -0.2) is 4.39 Å². The lowest BCUT2D eigenvalue weighted by atomic mass is 10.1. The van der Waals surface area contributed by atoms with E-state index in [0.29, 0.717) is 27.5 Å². The maximum atomic E-state index is 13.3. The second kappa shape index (κ2) is 5.18. The zero-order chi connectivity index (χ0) is 15.0. The zero-order valence-electron chi connectivity index (χ0n) is 11.0. The average molecular weight is 305 g/mol. The quantitative estimate of drug-likeness (QED) is 0.770. The van der Waals surface area contributed by atoms with Gasteiger partial charge in [0.15, 0.2) is 0 Å². The molecule has 3 rings (SSSR count). The lowest BCUT2D eigenvalue weighted by Crippen LogP contribution is -1.86. The lowest BCUT2D eigenvalue weighted by Gasteiger charge is -1.99. The monoisotopic (exact) mass is 304 g/mol. The molecule has 0 radical (unpaired) electrons. The summed E-state index contributed by atoms with van der Waals surface area (Å²) in [5.74, 6) is 0.269. The SMILES string of the molecule is Cc1cc(-c2noc(-c3cc(O)ccc3Cl)n2)ccc1F. The second-order valence-electron chi connectivity index (χ2n) is 4.55. The molecular weight excluding hydrogens is 295 g/mol. The Bertz CT molecular complexity index is 817. The van der Waals surface area contributed by atoms with Gasteiger partial charge in [-0.2, -0.15) is 4.98 Å². The van der Waals surface area contributed by atoms with E-state index in [0.717, 1.165) is 0 Å². The van der Waals surface area contributed by atoms with Crippen LogP contribution in [0.1, 0.15) is 5.56 Å². The van der Waals surface area contributed by atoms with Gasteiger partial charge >= 0.3 is 0 Å². The van der Waals surface area contributed by atoms with Crippen molar-refractivity contribution in [3.05, 3.63) is 52.8 Å². The first-order valence-electron chi connectivity index (χ1n) is 6.14. The Morgan fingerprint density at radius 1 is 1.19 bits per heavy atom. The van der Waals surface area contributed by atoms with E-state index in [2.05, 4.69) is 10.1 Å². The van der Waals surface area contributed by atoms with Crippen molar-refractivity contribution in [2.45, 2.75) is 6.92 Å². The van der Waals surface area contributed by atoms with Crippen LogP contribution in [0, 0.1) is 12.7 Å². The summed E-state index contributed by atoms with van der Waals surface area (Å²) in [5, 5.41) is 13.7. The van der Waals surface area contributed by atoms with Crippen LogP contribution in [0.5, 0.6) is 5.75 Å². The second-order valence-corrected chi connectivity index (χ2v) is 4.96. The van der Waals surface area contributed by atoms with E-state index >= 15 is 0 Å². The Balaban J connectivity index is 2.03. The van der Waals surface area contributed by atoms with Crippen LogP contribution in [0.2, 0.25) is 5.02 Å². The van der Waals surface area contributed by atoms with Crippen molar-refractivity contribution in [3.63, 3.8) is 0 Å². The number of benzene rings is 2. The molecule has 106 valence electrons. The number of aromatic hydroxyl groups is 1. The van der Waals surface area contributed by atoms with Crippen LogP contribution < -0.4 is 0 Å². The first kappa shape index (κ1) is 13.6. The van der Waals surface area contributed by atoms with Crippen molar-refractivity contribution in [1.82, 2.24) is 10.1 Å². The number of phenolic OH excluding ortho intramolecular Hbond substituents is 1. The number of phenols is 1. The molecule has 0 aliphatic rings. The van der Waals surface area contributed by atoms with Crippen molar-refractivity contribution < 1.29 is 14.0 Å². The lowest BCUT2D eigenvalue weighted by molar-refractivity contribution is 0.431. The normalized spacial score (nSPS) is 10.8. The zero-order valence-corrected chi connectivity index (χ0v) is 11.7. The van der Waals surface area contributed by atoms with Gasteiger partial charge < -0.3 is 9.63 Å². The summed E-state index contributed by atoms with van der Waals surface area (Å²) in [4.78, 5) is 4.23. The third-order valence-corrected chi connectivity index (χ3v) is 3.35. The Kier molecular flexibility index (Phi) is 3.35. The molecule has 1 N–H and O–H groups in total. The molecule has 0 aliphatic heterocycles. The van der Waals surface area contributed by atoms with Gasteiger partial charge in [0, 0.05) is 5.56 Å². The molecule has 6 heteroatoms. The van der Waals surface area contributed by atoms with E-state index in [1.165, 1.54) is 24.3 Å². The Morgan fingerprint density at radius 3 is 2.76 bits per heavy atom. The minimum atomic E-state index is -0.293. The van der Waals surface area contributed by atoms with Crippen LogP contribution in [0.4, 0.5) is 4.39 Å². The summed E-state index contributed by atoms with van der Waals surface area (Å²) in [7, 11) is 0. The Morgan fingerprint density at radius 2 is 2.00 bits per heavy atom. The Hall–Kier alpha value is -2.40. The van der Waals surface area contributed by atoms with Crippen LogP contribution in [-0.2, 0) is 0 Å². The summed E-state index contributed by atoms with van der Waals surface area (Å²) in [6.07, 6.45) is 0. The minimum absolute atomic E-state index is 0.0479. The van der Waals surface area contributed by atoms with Crippen molar-refractivity contribution >= 4 is 11.6 Å². The predicted octanol–water partition coefficient (Wildman–Crippen LogP) is 4.21. The van der Waals surface area contributed by atoms with E-state index in [1.807, 2.05) is 0 Å². The van der Waals surface area contributed by atoms with Gasteiger partial charge in [0.2, 0.25) is 5.82 Å². The van der Waals surface area contributed by atoms with Crippen molar-refractivity contribution in [1.29, 1.82) is 0 Å². The number of hydrogen-bond acceptors (Lipinski definition) is 4. The van der Waals surface area contributed by atoms with E-state index < -0.39 is 0 Å². The number of aromatic nitrogens is 2. The molecule has 0 aliphatic carbocycles. The van der Waals surface area contributed by atoms with E-state index in [4.69, 9.17) is 16.1 Å². The van der Waals surface area contributed by atoms with Gasteiger partial charge in [-0.1, -0.05) is 16.8 Å². The highest BCUT2D eigenvalue weighted by Gasteiger charge is 2.14. The number of halogens is 2. The van der Waals surface area contributed by atoms with E-state index in [-0.39, 0.29) is 17.5 Å². The minimum Gasteiger partial charge on any atom is -0.508 e. The Labute approximate surface area is 124 Å². The molecule has 0 amide bonds. The fourth-order valence-corrected chi connectivity index (χ4v) is 2.11. The molecule has 21 heavy (non-hydrogen) atoms. The highest BCUT2D eigenvalue weighted by Crippen LogP contribution is 2.31. The summed E-state index contributed by atoms with van der Waals surface area (Å²) >= 11 is 6.04. The standard InChI is InChI=1S/C15H10ClFN2O2/c1-8-6-9(2-5-13(8)17)14-18-15(21-19-14)11-7-10(20)3-4-12(11)16/h2-7,20H,1H3. The molecule has 1 heterocycles. The van der Waals surface area contributed by atoms with E-state index in [9.17, 15) is 9.50 Å². The molecule has 0 atom stereocenters. The van der Waals surface area contributed by atoms with Crippen LogP contribution in [0.25, 0.3) is 22.8 Å². The van der Waals surface area contributed by atoms with Gasteiger partial charge in [0.05, 0.1) is 10.6 Å². The highest BCUT2D eigenvalue weighted by atomic mass is 35.5. The number of nitrogens with zero attached hydrogens (tertiary/aromatic N) is 2. The van der Waals surface area contributed by atoms with Gasteiger partial charge in [-0.05, 0) is 48.9 Å². The largest absolute Gasteiger partial charge is 0.508 e. The number of rotatable bonds is 2. The molecule has 0 fully saturated rings. The first-order chi connectivity index (χ1) is 10.0. The maximum Gasteiger partial charge on any atom is 0.259 e. The van der Waals surface area contributed by atoms with Crippen LogP contribution >= 0.6 is 11.6 Å². The molecule has 0 unspecified atom stereocenters. The molecule has 1 aromatic heterocycles. The highest BCUT2D eigenvalue weighted by molar-refractivity contribution is 6.33. The van der Waals surface area contributed by atoms with Crippen molar-refractivity contribution in [2.24, 2.45) is 0 Å². The number of hydrogen-bond donors (Lipinski definition) is 1. The fourth-order valence-electron chi connectivity index (χ4n) is 1.91. The van der Waals surface area contributed by atoms with Gasteiger partial charge in [-0.3, -0.25) is 0 Å². The van der Waals surface area contributed by atoms with Gasteiger partial charge in [0.25, 0.3) is 5.89 Å². The van der Waals surface area contributed by atoms with Crippen LogP contribution in [0.3, 0.4) is 0 Å². The molecular formula is C15H10ClFN2O2. The van der Waals surface area contributed by atoms with Gasteiger partial charge in [0.1, 0.15) is 11.6 Å².